The minimum Gasteiger partial charge on any atom is -0.493 e. The molecule has 0 spiro atoms. The molecule has 0 aliphatic carbocycles. The van der Waals surface area contributed by atoms with Gasteiger partial charge in [-0.3, -0.25) is 4.79 Å². The Hall–Kier alpha value is -1.84. The molecule has 0 heterocycles. The first-order valence-corrected chi connectivity index (χ1v) is 5.97. The smallest absolute Gasteiger partial charge is 0.338 e. The van der Waals surface area contributed by atoms with Gasteiger partial charge in [0.1, 0.15) is 5.75 Å². The lowest BCUT2D eigenvalue weighted by atomic mass is 10.1. The summed E-state index contributed by atoms with van der Waals surface area (Å²) in [6.45, 7) is 6.61. The van der Waals surface area contributed by atoms with E-state index in [0.717, 1.165) is 0 Å². The van der Waals surface area contributed by atoms with Crippen LogP contribution in [0, 0.1) is 5.92 Å². The van der Waals surface area contributed by atoms with E-state index < -0.39 is 5.97 Å². The number of rotatable bonds is 6. The summed E-state index contributed by atoms with van der Waals surface area (Å²) in [5, 5.41) is 0. The van der Waals surface area contributed by atoms with Gasteiger partial charge in [0, 0.05) is 0 Å². The summed E-state index contributed by atoms with van der Waals surface area (Å²) in [4.78, 5) is 22.5. The highest BCUT2D eigenvalue weighted by Crippen LogP contribution is 2.19. The molecule has 0 N–H and O–H groups in total. The fourth-order valence-corrected chi connectivity index (χ4v) is 1.37. The third-order valence-corrected chi connectivity index (χ3v) is 2.22. The van der Waals surface area contributed by atoms with Crippen LogP contribution in [0.5, 0.6) is 5.75 Å². The Kier molecular flexibility index (Phi) is 5.36. The monoisotopic (exact) mass is 250 g/mol. The minimum absolute atomic E-state index is 0.306. The number of ether oxygens (including phenoxy) is 2. The Morgan fingerprint density at radius 3 is 2.67 bits per heavy atom. The van der Waals surface area contributed by atoms with Crippen LogP contribution < -0.4 is 4.74 Å². The van der Waals surface area contributed by atoms with Gasteiger partial charge in [-0.2, -0.15) is 0 Å². The number of carbonyl (C=O) groups excluding carboxylic acids is 2. The van der Waals surface area contributed by atoms with E-state index in [0.29, 0.717) is 42.3 Å². The second-order valence-corrected chi connectivity index (χ2v) is 4.30. The number of hydrogen-bond acceptors (Lipinski definition) is 4. The van der Waals surface area contributed by atoms with E-state index in [1.807, 2.05) is 13.8 Å². The standard InChI is InChI=1S/C14H18O4/c1-4-17-14(16)11-5-6-13(12(7-11)8-15)18-9-10(2)3/h5-8,10H,4,9H2,1-3H3. The fourth-order valence-electron chi connectivity index (χ4n) is 1.37. The molecule has 4 heteroatoms. The zero-order valence-corrected chi connectivity index (χ0v) is 10.9. The molecule has 0 aliphatic rings. The van der Waals surface area contributed by atoms with Gasteiger partial charge in [0.25, 0.3) is 0 Å². The van der Waals surface area contributed by atoms with Crippen molar-refractivity contribution in [2.45, 2.75) is 20.8 Å². The van der Waals surface area contributed by atoms with E-state index in [9.17, 15) is 9.59 Å². The average Bonchev–Trinajstić information content (AvgIpc) is 2.36. The summed E-state index contributed by atoms with van der Waals surface area (Å²) < 4.78 is 10.4. The predicted molar refractivity (Wildman–Crippen MR) is 68.1 cm³/mol. The van der Waals surface area contributed by atoms with Crippen molar-refractivity contribution < 1.29 is 19.1 Å². The first-order chi connectivity index (χ1) is 8.58. The van der Waals surface area contributed by atoms with Crippen LogP contribution >= 0.6 is 0 Å². The SMILES string of the molecule is CCOC(=O)c1ccc(OCC(C)C)c(C=O)c1. The van der Waals surface area contributed by atoms with E-state index in [-0.39, 0.29) is 0 Å². The van der Waals surface area contributed by atoms with Gasteiger partial charge in [0.2, 0.25) is 0 Å². The molecule has 0 unspecified atom stereocenters. The van der Waals surface area contributed by atoms with Crippen LogP contribution in [0.15, 0.2) is 18.2 Å². The van der Waals surface area contributed by atoms with Crippen LogP contribution in [0.2, 0.25) is 0 Å². The molecule has 0 bridgehead atoms. The lowest BCUT2D eigenvalue weighted by Crippen LogP contribution is -2.08. The molecule has 18 heavy (non-hydrogen) atoms. The van der Waals surface area contributed by atoms with Crippen LogP contribution in [0.1, 0.15) is 41.5 Å². The quantitative estimate of drug-likeness (QED) is 0.575. The molecular formula is C14H18O4. The number of benzene rings is 1. The lowest BCUT2D eigenvalue weighted by molar-refractivity contribution is 0.0526. The molecule has 0 aliphatic heterocycles. The van der Waals surface area contributed by atoms with Crippen LogP contribution in [0.3, 0.4) is 0 Å². The van der Waals surface area contributed by atoms with Crippen molar-refractivity contribution in [2.24, 2.45) is 5.92 Å². The Balaban J connectivity index is 2.89. The van der Waals surface area contributed by atoms with Gasteiger partial charge in [-0.25, -0.2) is 4.79 Å². The van der Waals surface area contributed by atoms with Crippen LogP contribution in [0.25, 0.3) is 0 Å². The highest BCUT2D eigenvalue weighted by molar-refractivity contribution is 5.92. The first-order valence-electron chi connectivity index (χ1n) is 5.97. The van der Waals surface area contributed by atoms with Crippen LogP contribution in [-0.2, 0) is 4.74 Å². The molecule has 1 aromatic rings. The van der Waals surface area contributed by atoms with Crippen molar-refractivity contribution >= 4 is 12.3 Å². The first kappa shape index (κ1) is 14.2. The van der Waals surface area contributed by atoms with Gasteiger partial charge in [-0.05, 0) is 31.0 Å². The number of aldehydes is 1. The van der Waals surface area contributed by atoms with Crippen LogP contribution in [-0.4, -0.2) is 25.5 Å². The summed E-state index contributed by atoms with van der Waals surface area (Å²) in [5.74, 6) is 0.428. The molecular weight excluding hydrogens is 232 g/mol. The summed E-state index contributed by atoms with van der Waals surface area (Å²) in [7, 11) is 0. The van der Waals surface area contributed by atoms with Gasteiger partial charge in [-0.15, -0.1) is 0 Å². The molecule has 1 aromatic carbocycles. The number of carbonyl (C=O) groups is 2. The third-order valence-electron chi connectivity index (χ3n) is 2.22. The molecule has 0 saturated carbocycles. The number of esters is 1. The van der Waals surface area contributed by atoms with Gasteiger partial charge in [0.15, 0.2) is 6.29 Å². The molecule has 4 nitrogen and oxygen atoms in total. The third kappa shape index (κ3) is 3.87. The molecule has 0 radical (unpaired) electrons. The van der Waals surface area contributed by atoms with Crippen molar-refractivity contribution in [3.05, 3.63) is 29.3 Å². The Morgan fingerprint density at radius 1 is 1.39 bits per heavy atom. The molecule has 1 rings (SSSR count). The Bertz CT molecular complexity index is 424. The van der Waals surface area contributed by atoms with E-state index in [1.54, 1.807) is 19.1 Å². The van der Waals surface area contributed by atoms with E-state index in [1.165, 1.54) is 6.07 Å². The van der Waals surface area contributed by atoms with Gasteiger partial charge in [0.05, 0.1) is 24.3 Å². The zero-order valence-electron chi connectivity index (χ0n) is 10.9. The van der Waals surface area contributed by atoms with Crippen molar-refractivity contribution in [3.63, 3.8) is 0 Å². The van der Waals surface area contributed by atoms with Gasteiger partial charge in [-0.1, -0.05) is 13.8 Å². The molecule has 0 fully saturated rings. The second-order valence-electron chi connectivity index (χ2n) is 4.30. The second kappa shape index (κ2) is 6.79. The largest absolute Gasteiger partial charge is 0.493 e. The molecule has 98 valence electrons. The highest BCUT2D eigenvalue weighted by atomic mass is 16.5. The summed E-state index contributed by atoms with van der Waals surface area (Å²) in [5.41, 5.74) is 0.719. The molecule has 0 saturated heterocycles. The maximum absolute atomic E-state index is 11.5. The van der Waals surface area contributed by atoms with E-state index >= 15 is 0 Å². The van der Waals surface area contributed by atoms with Gasteiger partial charge >= 0.3 is 5.97 Å². The van der Waals surface area contributed by atoms with Gasteiger partial charge < -0.3 is 9.47 Å². The number of hydrogen-bond donors (Lipinski definition) is 0. The van der Waals surface area contributed by atoms with Crippen LogP contribution in [0.4, 0.5) is 0 Å². The Labute approximate surface area is 107 Å². The molecule has 0 amide bonds. The normalized spacial score (nSPS) is 10.2. The maximum Gasteiger partial charge on any atom is 0.338 e. The summed E-state index contributed by atoms with van der Waals surface area (Å²) in [6.07, 6.45) is 0.679. The zero-order chi connectivity index (χ0) is 13.5. The summed E-state index contributed by atoms with van der Waals surface area (Å²) >= 11 is 0. The minimum atomic E-state index is -0.434. The Morgan fingerprint density at radius 2 is 2.11 bits per heavy atom. The average molecular weight is 250 g/mol. The predicted octanol–water partition coefficient (Wildman–Crippen LogP) is 2.71. The van der Waals surface area contributed by atoms with E-state index in [2.05, 4.69) is 0 Å². The molecule has 0 aromatic heterocycles. The topological polar surface area (TPSA) is 52.6 Å². The van der Waals surface area contributed by atoms with E-state index in [4.69, 9.17) is 9.47 Å². The van der Waals surface area contributed by atoms with Crippen molar-refractivity contribution in [2.75, 3.05) is 13.2 Å². The maximum atomic E-state index is 11.5. The molecule has 0 atom stereocenters. The summed E-state index contributed by atoms with van der Waals surface area (Å²) in [6, 6.07) is 4.71. The lowest BCUT2D eigenvalue weighted by Gasteiger charge is -2.11. The van der Waals surface area contributed by atoms with Crippen molar-refractivity contribution in [1.29, 1.82) is 0 Å². The van der Waals surface area contributed by atoms with Crippen molar-refractivity contribution in [1.82, 2.24) is 0 Å². The van der Waals surface area contributed by atoms with Crippen molar-refractivity contribution in [3.8, 4) is 5.75 Å². The fraction of sp³-hybridized carbons (Fsp3) is 0.429. The highest BCUT2D eigenvalue weighted by Gasteiger charge is 2.11.